The third-order valence-electron chi connectivity index (χ3n) is 2.31. The third-order valence-corrected chi connectivity index (χ3v) is 2.31. The van der Waals surface area contributed by atoms with E-state index in [0.717, 1.165) is 5.69 Å². The van der Waals surface area contributed by atoms with Crippen molar-refractivity contribution in [2.24, 2.45) is 0 Å². The summed E-state index contributed by atoms with van der Waals surface area (Å²) < 4.78 is 25.9. The molecule has 0 amide bonds. The molecule has 1 rings (SSSR count). The second kappa shape index (κ2) is 4.04. The van der Waals surface area contributed by atoms with E-state index in [1.807, 2.05) is 13.8 Å². The lowest BCUT2D eigenvalue weighted by Gasteiger charge is -2.25. The molecule has 1 aromatic rings. The van der Waals surface area contributed by atoms with Gasteiger partial charge in [-0.1, -0.05) is 0 Å². The second-order valence-electron chi connectivity index (χ2n) is 3.70. The summed E-state index contributed by atoms with van der Waals surface area (Å²) in [7, 11) is 1.79. The molecule has 0 saturated heterocycles. The highest BCUT2D eigenvalue weighted by atomic mass is 19.3. The molecule has 14 heavy (non-hydrogen) atoms. The molecule has 0 aliphatic carbocycles. The lowest BCUT2D eigenvalue weighted by atomic mass is 10.0. The van der Waals surface area contributed by atoms with E-state index in [4.69, 9.17) is 0 Å². The molecule has 0 aromatic carbocycles. The molecular weight excluding hydrogens is 188 g/mol. The van der Waals surface area contributed by atoms with E-state index < -0.39 is 6.43 Å². The van der Waals surface area contributed by atoms with Crippen LogP contribution in [0.25, 0.3) is 0 Å². The van der Waals surface area contributed by atoms with Crippen LogP contribution < -0.4 is 5.32 Å². The van der Waals surface area contributed by atoms with E-state index in [1.165, 1.54) is 10.9 Å². The monoisotopic (exact) mass is 203 g/mol. The van der Waals surface area contributed by atoms with Crippen molar-refractivity contribution in [1.82, 2.24) is 14.9 Å². The van der Waals surface area contributed by atoms with Crippen LogP contribution in [0.15, 0.2) is 12.5 Å². The standard InChI is InChI=1S/C9H15F2N3/c1-9(2,12-3)7-4-13-6-14(7)5-8(10)11/h4,6,8,12H,5H2,1-3H3. The van der Waals surface area contributed by atoms with Crippen molar-refractivity contribution in [2.75, 3.05) is 7.05 Å². The summed E-state index contributed by atoms with van der Waals surface area (Å²) >= 11 is 0. The predicted octanol–water partition coefficient (Wildman–Crippen LogP) is 1.60. The minimum absolute atomic E-state index is 0.305. The molecule has 1 heterocycles. The average Bonchev–Trinajstić information content (AvgIpc) is 2.52. The fourth-order valence-electron chi connectivity index (χ4n) is 1.26. The number of alkyl halides is 2. The normalized spacial score (nSPS) is 12.4. The Morgan fingerprint density at radius 3 is 2.71 bits per heavy atom. The molecule has 0 bridgehead atoms. The summed E-state index contributed by atoms with van der Waals surface area (Å²) in [4.78, 5) is 3.88. The number of hydrogen-bond donors (Lipinski definition) is 1. The van der Waals surface area contributed by atoms with E-state index >= 15 is 0 Å². The number of hydrogen-bond acceptors (Lipinski definition) is 2. The van der Waals surface area contributed by atoms with E-state index in [9.17, 15) is 8.78 Å². The van der Waals surface area contributed by atoms with Crippen LogP contribution in [-0.2, 0) is 12.1 Å². The van der Waals surface area contributed by atoms with Gasteiger partial charge in [0.15, 0.2) is 0 Å². The second-order valence-corrected chi connectivity index (χ2v) is 3.70. The first-order chi connectivity index (χ1) is 6.47. The molecule has 0 unspecified atom stereocenters. The van der Waals surface area contributed by atoms with Crippen molar-refractivity contribution in [3.63, 3.8) is 0 Å². The molecule has 0 saturated carbocycles. The van der Waals surface area contributed by atoms with Crippen molar-refractivity contribution in [3.05, 3.63) is 18.2 Å². The number of nitrogens with one attached hydrogen (secondary N) is 1. The van der Waals surface area contributed by atoms with E-state index in [1.54, 1.807) is 13.2 Å². The lowest BCUT2D eigenvalue weighted by Crippen LogP contribution is -2.35. The van der Waals surface area contributed by atoms with Crippen LogP contribution in [0.3, 0.4) is 0 Å². The quantitative estimate of drug-likeness (QED) is 0.805. The zero-order valence-electron chi connectivity index (χ0n) is 8.59. The first kappa shape index (κ1) is 11.1. The highest BCUT2D eigenvalue weighted by molar-refractivity contribution is 5.10. The predicted molar refractivity (Wildman–Crippen MR) is 50.3 cm³/mol. The van der Waals surface area contributed by atoms with Gasteiger partial charge in [-0.2, -0.15) is 0 Å². The van der Waals surface area contributed by atoms with Gasteiger partial charge < -0.3 is 9.88 Å². The Bertz CT molecular complexity index is 294. The highest BCUT2D eigenvalue weighted by Crippen LogP contribution is 2.19. The van der Waals surface area contributed by atoms with Gasteiger partial charge in [-0.05, 0) is 20.9 Å². The van der Waals surface area contributed by atoms with E-state index in [-0.39, 0.29) is 12.1 Å². The van der Waals surface area contributed by atoms with Crippen LogP contribution in [0.4, 0.5) is 8.78 Å². The molecule has 0 spiro atoms. The molecule has 0 aliphatic heterocycles. The number of nitrogens with zero attached hydrogens (tertiary/aromatic N) is 2. The average molecular weight is 203 g/mol. The number of rotatable bonds is 4. The summed E-state index contributed by atoms with van der Waals surface area (Å²) in [5, 5.41) is 3.05. The zero-order valence-corrected chi connectivity index (χ0v) is 8.59. The topological polar surface area (TPSA) is 29.9 Å². The van der Waals surface area contributed by atoms with E-state index in [2.05, 4.69) is 10.3 Å². The van der Waals surface area contributed by atoms with Crippen LogP contribution in [0.5, 0.6) is 0 Å². The van der Waals surface area contributed by atoms with Gasteiger partial charge in [0.1, 0.15) is 0 Å². The Kier molecular flexibility index (Phi) is 3.21. The van der Waals surface area contributed by atoms with Gasteiger partial charge in [0.25, 0.3) is 6.43 Å². The van der Waals surface area contributed by atoms with Crippen molar-refractivity contribution in [1.29, 1.82) is 0 Å². The Morgan fingerprint density at radius 2 is 2.21 bits per heavy atom. The van der Waals surface area contributed by atoms with Crippen molar-refractivity contribution >= 4 is 0 Å². The number of aromatic nitrogens is 2. The lowest BCUT2D eigenvalue weighted by molar-refractivity contribution is 0.123. The third kappa shape index (κ3) is 2.29. The summed E-state index contributed by atoms with van der Waals surface area (Å²) in [5.41, 5.74) is 0.422. The number of imidazole rings is 1. The van der Waals surface area contributed by atoms with Gasteiger partial charge in [0.05, 0.1) is 24.1 Å². The van der Waals surface area contributed by atoms with Gasteiger partial charge in [0.2, 0.25) is 0 Å². The van der Waals surface area contributed by atoms with Crippen LogP contribution in [0.2, 0.25) is 0 Å². The van der Waals surface area contributed by atoms with E-state index in [0.29, 0.717) is 0 Å². The maximum atomic E-state index is 12.2. The van der Waals surface area contributed by atoms with Gasteiger partial charge in [0, 0.05) is 6.20 Å². The fourth-order valence-corrected chi connectivity index (χ4v) is 1.26. The molecule has 0 atom stereocenters. The fraction of sp³-hybridized carbons (Fsp3) is 0.667. The molecule has 0 fully saturated rings. The minimum Gasteiger partial charge on any atom is -0.327 e. The van der Waals surface area contributed by atoms with Crippen LogP contribution in [0, 0.1) is 0 Å². The summed E-state index contributed by atoms with van der Waals surface area (Å²) in [5.74, 6) is 0. The SMILES string of the molecule is CNC(C)(C)c1cncn1CC(F)F. The van der Waals surface area contributed by atoms with Gasteiger partial charge in [-0.25, -0.2) is 13.8 Å². The molecule has 0 radical (unpaired) electrons. The Balaban J connectivity index is 2.92. The Morgan fingerprint density at radius 1 is 1.57 bits per heavy atom. The molecular formula is C9H15F2N3. The van der Waals surface area contributed by atoms with Crippen molar-refractivity contribution < 1.29 is 8.78 Å². The smallest absolute Gasteiger partial charge is 0.256 e. The van der Waals surface area contributed by atoms with Gasteiger partial charge in [-0.3, -0.25) is 0 Å². The Labute approximate surface area is 82.1 Å². The highest BCUT2D eigenvalue weighted by Gasteiger charge is 2.23. The van der Waals surface area contributed by atoms with Crippen LogP contribution >= 0.6 is 0 Å². The number of halogens is 2. The van der Waals surface area contributed by atoms with Crippen LogP contribution in [0.1, 0.15) is 19.5 Å². The maximum absolute atomic E-state index is 12.2. The first-order valence-electron chi connectivity index (χ1n) is 4.45. The largest absolute Gasteiger partial charge is 0.327 e. The molecule has 1 aromatic heterocycles. The molecule has 80 valence electrons. The molecule has 3 nitrogen and oxygen atoms in total. The van der Waals surface area contributed by atoms with Gasteiger partial charge >= 0.3 is 0 Å². The van der Waals surface area contributed by atoms with Crippen molar-refractivity contribution in [3.8, 4) is 0 Å². The summed E-state index contributed by atoms with van der Waals surface area (Å²) in [6.07, 6.45) is 0.690. The molecule has 0 aliphatic rings. The van der Waals surface area contributed by atoms with Gasteiger partial charge in [-0.15, -0.1) is 0 Å². The summed E-state index contributed by atoms with van der Waals surface area (Å²) in [6.45, 7) is 3.54. The summed E-state index contributed by atoms with van der Waals surface area (Å²) in [6, 6.07) is 0. The zero-order chi connectivity index (χ0) is 10.8. The van der Waals surface area contributed by atoms with Crippen LogP contribution in [-0.4, -0.2) is 23.0 Å². The molecule has 1 N–H and O–H groups in total. The maximum Gasteiger partial charge on any atom is 0.256 e. The van der Waals surface area contributed by atoms with Crippen molar-refractivity contribution in [2.45, 2.75) is 32.4 Å². The minimum atomic E-state index is -2.35. The molecule has 5 heteroatoms. The first-order valence-corrected chi connectivity index (χ1v) is 4.45. The Hall–Kier alpha value is -0.970.